The summed E-state index contributed by atoms with van der Waals surface area (Å²) in [5, 5.41) is 12.5. The standard InChI is InChI=1S/C15H18N4S.C10H14N2/c1-12(14(11-16)15(17)20)18-7-9-19(10-8-18)13-5-3-2-4-6-13;1-2-4-10(5-3-1)12-8-6-11-7-9-12/h2-6H,7-10H2,1H3,(H2,17,20);1-5,11H,6-9H2/b14-12-;. The summed E-state index contributed by atoms with van der Waals surface area (Å²) in [4.78, 5) is 7.11. The molecule has 0 atom stereocenters. The van der Waals surface area contributed by atoms with E-state index in [4.69, 9.17) is 23.2 Å². The van der Waals surface area contributed by atoms with Gasteiger partial charge in [0.05, 0.1) is 0 Å². The Balaban J connectivity index is 0.000000204. The maximum Gasteiger partial charge on any atom is 0.116 e. The molecule has 6 nitrogen and oxygen atoms in total. The van der Waals surface area contributed by atoms with Crippen LogP contribution in [0.3, 0.4) is 0 Å². The number of nitrogens with two attached hydrogens (primary N) is 1. The minimum Gasteiger partial charge on any atom is -0.389 e. The number of hydrogen-bond acceptors (Lipinski definition) is 6. The van der Waals surface area contributed by atoms with Gasteiger partial charge in [0, 0.05) is 69.4 Å². The zero-order chi connectivity index (χ0) is 22.8. The van der Waals surface area contributed by atoms with Crippen molar-refractivity contribution in [2.75, 3.05) is 62.2 Å². The van der Waals surface area contributed by atoms with Crippen LogP contribution in [0.15, 0.2) is 71.9 Å². The van der Waals surface area contributed by atoms with E-state index < -0.39 is 0 Å². The number of benzene rings is 2. The van der Waals surface area contributed by atoms with E-state index in [0.717, 1.165) is 58.1 Å². The highest BCUT2D eigenvalue weighted by Gasteiger charge is 2.19. The lowest BCUT2D eigenvalue weighted by atomic mass is 10.2. The van der Waals surface area contributed by atoms with Crippen molar-refractivity contribution in [1.29, 1.82) is 5.26 Å². The van der Waals surface area contributed by atoms with E-state index in [1.807, 2.05) is 25.1 Å². The topological polar surface area (TPSA) is 71.6 Å². The Hall–Kier alpha value is -3.08. The number of hydrogen-bond donors (Lipinski definition) is 2. The van der Waals surface area contributed by atoms with Crippen molar-refractivity contribution in [1.82, 2.24) is 10.2 Å². The maximum absolute atomic E-state index is 9.12. The minimum atomic E-state index is 0.176. The monoisotopic (exact) mass is 448 g/mol. The van der Waals surface area contributed by atoms with Gasteiger partial charge >= 0.3 is 0 Å². The van der Waals surface area contributed by atoms with Gasteiger partial charge in [-0.15, -0.1) is 0 Å². The van der Waals surface area contributed by atoms with Crippen LogP contribution in [0.5, 0.6) is 0 Å². The molecule has 2 heterocycles. The first kappa shape index (κ1) is 23.6. The van der Waals surface area contributed by atoms with Gasteiger partial charge < -0.3 is 25.8 Å². The van der Waals surface area contributed by atoms with Gasteiger partial charge in [0.25, 0.3) is 0 Å². The molecule has 2 aromatic carbocycles. The molecule has 0 aliphatic carbocycles. The molecule has 2 aromatic rings. The predicted molar refractivity (Wildman–Crippen MR) is 137 cm³/mol. The van der Waals surface area contributed by atoms with Gasteiger partial charge in [0.2, 0.25) is 0 Å². The highest BCUT2D eigenvalue weighted by Crippen LogP contribution is 2.19. The van der Waals surface area contributed by atoms with Crippen molar-refractivity contribution in [3.63, 3.8) is 0 Å². The third kappa shape index (κ3) is 6.46. The Labute approximate surface area is 196 Å². The van der Waals surface area contributed by atoms with Crippen LogP contribution in [0.2, 0.25) is 0 Å². The summed E-state index contributed by atoms with van der Waals surface area (Å²) in [7, 11) is 0. The fraction of sp³-hybridized carbons (Fsp3) is 0.360. The number of piperazine rings is 2. The largest absolute Gasteiger partial charge is 0.389 e. The van der Waals surface area contributed by atoms with Gasteiger partial charge in [-0.1, -0.05) is 48.6 Å². The summed E-state index contributed by atoms with van der Waals surface area (Å²) in [6.07, 6.45) is 0. The molecule has 0 amide bonds. The average Bonchev–Trinajstić information content (AvgIpc) is 2.86. The maximum atomic E-state index is 9.12. The third-order valence-electron chi connectivity index (χ3n) is 5.83. The normalized spacial score (nSPS) is 16.9. The van der Waals surface area contributed by atoms with E-state index in [1.165, 1.54) is 11.4 Å². The molecular formula is C25H32N6S. The fourth-order valence-corrected chi connectivity index (χ4v) is 4.17. The number of rotatable bonds is 4. The minimum absolute atomic E-state index is 0.176. The molecule has 2 aliphatic rings. The molecule has 2 saturated heterocycles. The van der Waals surface area contributed by atoms with Gasteiger partial charge in [-0.25, -0.2) is 0 Å². The van der Waals surface area contributed by atoms with Crippen LogP contribution in [0.25, 0.3) is 0 Å². The molecule has 0 bridgehead atoms. The molecule has 0 radical (unpaired) electrons. The van der Waals surface area contributed by atoms with Crippen molar-refractivity contribution in [2.45, 2.75) is 6.92 Å². The number of para-hydroxylation sites is 2. The first-order valence-electron chi connectivity index (χ1n) is 11.1. The van der Waals surface area contributed by atoms with Crippen molar-refractivity contribution in [3.8, 4) is 6.07 Å². The number of anilines is 2. The summed E-state index contributed by atoms with van der Waals surface area (Å²) in [5.41, 5.74) is 9.48. The molecule has 2 aliphatic heterocycles. The van der Waals surface area contributed by atoms with Crippen LogP contribution in [-0.4, -0.2) is 62.2 Å². The molecule has 32 heavy (non-hydrogen) atoms. The van der Waals surface area contributed by atoms with Gasteiger partial charge in [-0.2, -0.15) is 5.26 Å². The lowest BCUT2D eigenvalue weighted by molar-refractivity contribution is 0.321. The van der Waals surface area contributed by atoms with E-state index in [2.05, 4.69) is 68.6 Å². The zero-order valence-corrected chi connectivity index (χ0v) is 19.5. The number of nitrogens with one attached hydrogen (secondary N) is 1. The molecule has 3 N–H and O–H groups in total. The quantitative estimate of drug-likeness (QED) is 0.423. The number of nitriles is 1. The van der Waals surface area contributed by atoms with Crippen molar-refractivity contribution in [3.05, 3.63) is 71.9 Å². The Bertz CT molecular complexity index is 924. The van der Waals surface area contributed by atoms with Crippen LogP contribution in [0, 0.1) is 11.3 Å². The number of nitrogens with zero attached hydrogens (tertiary/aromatic N) is 4. The second kappa shape index (κ2) is 12.1. The predicted octanol–water partition coefficient (Wildman–Crippen LogP) is 2.99. The summed E-state index contributed by atoms with van der Waals surface area (Å²) in [5.74, 6) is 0. The van der Waals surface area contributed by atoms with E-state index in [0.29, 0.717) is 5.57 Å². The van der Waals surface area contributed by atoms with Crippen LogP contribution < -0.4 is 20.9 Å². The van der Waals surface area contributed by atoms with Gasteiger partial charge in [-0.05, 0) is 31.2 Å². The van der Waals surface area contributed by atoms with E-state index >= 15 is 0 Å². The smallest absolute Gasteiger partial charge is 0.116 e. The second-order valence-corrected chi connectivity index (χ2v) is 8.26. The van der Waals surface area contributed by atoms with Gasteiger partial charge in [-0.3, -0.25) is 0 Å². The zero-order valence-electron chi connectivity index (χ0n) is 18.7. The van der Waals surface area contributed by atoms with Crippen molar-refractivity contribution < 1.29 is 0 Å². The van der Waals surface area contributed by atoms with Crippen LogP contribution in [-0.2, 0) is 0 Å². The molecule has 168 valence electrons. The number of allylic oxidation sites excluding steroid dienone is 1. The molecule has 0 unspecified atom stereocenters. The number of thiocarbonyl (C=S) groups is 1. The fourth-order valence-electron chi connectivity index (χ4n) is 3.97. The second-order valence-electron chi connectivity index (χ2n) is 7.82. The first-order valence-corrected chi connectivity index (χ1v) is 11.5. The Morgan fingerprint density at radius 1 is 0.844 bits per heavy atom. The van der Waals surface area contributed by atoms with Gasteiger partial charge in [0.15, 0.2) is 0 Å². The molecule has 0 aromatic heterocycles. The SMILES string of the molecule is C/C(=C(\C#N)C(N)=S)N1CCN(c2ccccc2)CC1.c1ccc(N2CCNCC2)cc1. The lowest BCUT2D eigenvalue weighted by Crippen LogP contribution is -2.46. The highest BCUT2D eigenvalue weighted by molar-refractivity contribution is 7.80. The molecule has 7 heteroatoms. The Morgan fingerprint density at radius 3 is 1.75 bits per heavy atom. The van der Waals surface area contributed by atoms with E-state index in [-0.39, 0.29) is 4.99 Å². The van der Waals surface area contributed by atoms with E-state index in [1.54, 1.807) is 0 Å². The Kier molecular flexibility index (Phi) is 8.90. The van der Waals surface area contributed by atoms with E-state index in [9.17, 15) is 0 Å². The molecule has 2 fully saturated rings. The summed E-state index contributed by atoms with van der Waals surface area (Å²) < 4.78 is 0. The summed E-state index contributed by atoms with van der Waals surface area (Å²) in [6, 6.07) is 23.1. The van der Waals surface area contributed by atoms with Crippen LogP contribution in [0.4, 0.5) is 11.4 Å². The average molecular weight is 449 g/mol. The Morgan fingerprint density at radius 2 is 1.31 bits per heavy atom. The molecule has 4 rings (SSSR count). The molecule has 0 saturated carbocycles. The van der Waals surface area contributed by atoms with Crippen LogP contribution >= 0.6 is 12.2 Å². The van der Waals surface area contributed by atoms with Crippen LogP contribution in [0.1, 0.15) is 6.92 Å². The summed E-state index contributed by atoms with van der Waals surface area (Å²) >= 11 is 4.92. The lowest BCUT2D eigenvalue weighted by Gasteiger charge is -2.38. The van der Waals surface area contributed by atoms with Crippen molar-refractivity contribution in [2.24, 2.45) is 5.73 Å². The summed E-state index contributed by atoms with van der Waals surface area (Å²) in [6.45, 7) is 9.98. The molecule has 0 spiro atoms. The first-order chi connectivity index (χ1) is 15.6. The van der Waals surface area contributed by atoms with Crippen molar-refractivity contribution >= 4 is 28.6 Å². The molecular weight excluding hydrogens is 416 g/mol. The third-order valence-corrected chi connectivity index (χ3v) is 6.04. The highest BCUT2D eigenvalue weighted by atomic mass is 32.1. The van der Waals surface area contributed by atoms with Gasteiger partial charge in [0.1, 0.15) is 16.6 Å².